The van der Waals surface area contributed by atoms with Crippen LogP contribution in [0.15, 0.2) is 46.4 Å². The van der Waals surface area contributed by atoms with Gasteiger partial charge in [0.1, 0.15) is 5.82 Å². The average molecular weight is 241 g/mol. The van der Waals surface area contributed by atoms with Crippen molar-refractivity contribution in [2.45, 2.75) is 13.1 Å². The van der Waals surface area contributed by atoms with E-state index in [9.17, 15) is 4.39 Å². The Kier molecular flexibility index (Phi) is 2.37. The van der Waals surface area contributed by atoms with Crippen LogP contribution in [0.2, 0.25) is 0 Å². The second-order valence-electron chi connectivity index (χ2n) is 4.38. The van der Waals surface area contributed by atoms with E-state index in [1.54, 1.807) is 12.1 Å². The largest absolute Gasteiger partial charge is 0.398 e. The van der Waals surface area contributed by atoms with E-state index in [-0.39, 0.29) is 12.0 Å². The van der Waals surface area contributed by atoms with E-state index < -0.39 is 0 Å². The van der Waals surface area contributed by atoms with Crippen LogP contribution in [0.1, 0.15) is 17.3 Å². The molecule has 3 nitrogen and oxygen atoms in total. The van der Waals surface area contributed by atoms with Crippen molar-refractivity contribution in [2.24, 2.45) is 9.98 Å². The van der Waals surface area contributed by atoms with Crippen LogP contribution in [-0.2, 0) is 0 Å². The summed E-state index contributed by atoms with van der Waals surface area (Å²) in [5.74, 6) is -0.255. The van der Waals surface area contributed by atoms with Gasteiger partial charge in [0, 0.05) is 5.69 Å². The van der Waals surface area contributed by atoms with Gasteiger partial charge >= 0.3 is 0 Å². The number of hydrogen-bond acceptors (Lipinski definition) is 3. The predicted octanol–water partition coefficient (Wildman–Crippen LogP) is 1.67. The summed E-state index contributed by atoms with van der Waals surface area (Å²) in [5.41, 5.74) is 8.43. The van der Waals surface area contributed by atoms with Crippen molar-refractivity contribution in [3.8, 4) is 0 Å². The van der Waals surface area contributed by atoms with Gasteiger partial charge in [-0.1, -0.05) is 12.1 Å². The van der Waals surface area contributed by atoms with Crippen LogP contribution in [0.25, 0.3) is 0 Å². The number of nitrogens with two attached hydrogens (primary N) is 1. The zero-order valence-corrected chi connectivity index (χ0v) is 9.89. The standard InChI is InChI=1S/C14H12FN3/c1-8-6-12-13(7-11(8)16)18-14(17-12)9-2-4-10(15)5-3-9/h2-7,14H,16H2,1H3. The highest BCUT2D eigenvalue weighted by Crippen LogP contribution is 2.20. The number of aryl methyl sites for hydroxylation is 1. The summed E-state index contributed by atoms with van der Waals surface area (Å²) in [7, 11) is 0. The molecule has 0 bridgehead atoms. The molecule has 0 saturated carbocycles. The lowest BCUT2D eigenvalue weighted by Gasteiger charge is -2.03. The van der Waals surface area contributed by atoms with Crippen LogP contribution in [0.4, 0.5) is 10.1 Å². The van der Waals surface area contributed by atoms with Crippen molar-refractivity contribution in [3.05, 3.63) is 64.1 Å². The van der Waals surface area contributed by atoms with Gasteiger partial charge in [0.15, 0.2) is 6.17 Å². The van der Waals surface area contributed by atoms with Gasteiger partial charge in [0.05, 0.1) is 10.7 Å². The SMILES string of the molecule is Cc1cc2c(cc1N)=NC(c1ccc(F)cc1)N=2. The van der Waals surface area contributed by atoms with Crippen molar-refractivity contribution in [3.63, 3.8) is 0 Å². The highest BCUT2D eigenvalue weighted by molar-refractivity contribution is 5.45. The molecule has 4 heteroatoms. The second-order valence-corrected chi connectivity index (χ2v) is 4.38. The Bertz CT molecular complexity index is 679. The Balaban J connectivity index is 2.09. The third-order valence-electron chi connectivity index (χ3n) is 3.05. The molecule has 1 unspecified atom stereocenters. The molecule has 0 saturated heterocycles. The van der Waals surface area contributed by atoms with Gasteiger partial charge in [-0.05, 0) is 42.3 Å². The number of halogens is 1. The van der Waals surface area contributed by atoms with Gasteiger partial charge in [-0.2, -0.15) is 0 Å². The molecule has 0 aliphatic carbocycles. The van der Waals surface area contributed by atoms with E-state index >= 15 is 0 Å². The molecule has 18 heavy (non-hydrogen) atoms. The number of rotatable bonds is 1. The molecule has 0 spiro atoms. The van der Waals surface area contributed by atoms with Crippen molar-refractivity contribution < 1.29 is 4.39 Å². The highest BCUT2D eigenvalue weighted by atomic mass is 19.1. The van der Waals surface area contributed by atoms with Crippen LogP contribution in [0.3, 0.4) is 0 Å². The fourth-order valence-electron chi connectivity index (χ4n) is 1.98. The van der Waals surface area contributed by atoms with Crippen molar-refractivity contribution in [1.82, 2.24) is 0 Å². The molecule has 1 atom stereocenters. The van der Waals surface area contributed by atoms with E-state index in [2.05, 4.69) is 9.98 Å². The van der Waals surface area contributed by atoms with Gasteiger partial charge < -0.3 is 5.73 Å². The number of nitrogen functional groups attached to an aromatic ring is 1. The number of hydrogen-bond donors (Lipinski definition) is 1. The first kappa shape index (κ1) is 10.9. The van der Waals surface area contributed by atoms with Crippen molar-refractivity contribution in [1.29, 1.82) is 0 Å². The van der Waals surface area contributed by atoms with Crippen LogP contribution in [0.5, 0.6) is 0 Å². The lowest BCUT2D eigenvalue weighted by Crippen LogP contribution is -2.22. The summed E-state index contributed by atoms with van der Waals surface area (Å²) in [6.07, 6.45) is -0.290. The second kappa shape index (κ2) is 3.91. The molecule has 2 aromatic rings. The normalized spacial score (nSPS) is 16.9. The zero-order valence-electron chi connectivity index (χ0n) is 9.89. The van der Waals surface area contributed by atoms with Crippen LogP contribution in [0, 0.1) is 12.7 Å². The van der Waals surface area contributed by atoms with Crippen LogP contribution in [-0.4, -0.2) is 0 Å². The van der Waals surface area contributed by atoms with E-state index in [1.807, 2.05) is 19.1 Å². The lowest BCUT2D eigenvalue weighted by atomic mass is 10.2. The number of benzene rings is 2. The maximum absolute atomic E-state index is 12.9. The molecule has 1 aliphatic rings. The van der Waals surface area contributed by atoms with Crippen molar-refractivity contribution >= 4 is 5.69 Å². The first-order valence-corrected chi connectivity index (χ1v) is 5.71. The summed E-state index contributed by atoms with van der Waals surface area (Å²) in [6.45, 7) is 1.94. The molecule has 1 heterocycles. The van der Waals surface area contributed by atoms with E-state index in [0.717, 1.165) is 21.8 Å². The predicted molar refractivity (Wildman–Crippen MR) is 67.0 cm³/mol. The summed E-state index contributed by atoms with van der Waals surface area (Å²) >= 11 is 0. The minimum absolute atomic E-state index is 0.255. The number of nitrogens with zero attached hydrogens (tertiary/aromatic N) is 2. The fraction of sp³-hybridized carbons (Fsp3) is 0.143. The summed E-state index contributed by atoms with van der Waals surface area (Å²) < 4.78 is 12.9. The Morgan fingerprint density at radius 3 is 2.33 bits per heavy atom. The third kappa shape index (κ3) is 1.76. The molecule has 0 fully saturated rings. The Morgan fingerprint density at radius 2 is 1.67 bits per heavy atom. The smallest absolute Gasteiger partial charge is 0.166 e. The summed E-state index contributed by atoms with van der Waals surface area (Å²) in [6, 6.07) is 10.0. The Hall–Kier alpha value is -2.23. The molecule has 0 amide bonds. The van der Waals surface area contributed by atoms with Gasteiger partial charge in [-0.15, -0.1) is 0 Å². The van der Waals surface area contributed by atoms with Gasteiger partial charge in [0.25, 0.3) is 0 Å². The molecule has 2 N–H and O–H groups in total. The number of fused-ring (bicyclic) bond motifs is 1. The topological polar surface area (TPSA) is 50.7 Å². The molecule has 90 valence electrons. The first-order chi connectivity index (χ1) is 8.63. The zero-order chi connectivity index (χ0) is 12.7. The molecule has 2 aromatic carbocycles. The quantitative estimate of drug-likeness (QED) is 0.758. The molecular formula is C14H12FN3. The Morgan fingerprint density at radius 1 is 1.06 bits per heavy atom. The number of anilines is 1. The van der Waals surface area contributed by atoms with Gasteiger partial charge in [-0.25, -0.2) is 4.39 Å². The minimum atomic E-state index is -0.290. The molecule has 0 radical (unpaired) electrons. The van der Waals surface area contributed by atoms with Gasteiger partial charge in [-0.3, -0.25) is 9.98 Å². The van der Waals surface area contributed by atoms with Crippen LogP contribution >= 0.6 is 0 Å². The van der Waals surface area contributed by atoms with E-state index in [0.29, 0.717) is 5.69 Å². The maximum atomic E-state index is 12.9. The first-order valence-electron chi connectivity index (χ1n) is 5.71. The fourth-order valence-corrected chi connectivity index (χ4v) is 1.98. The molecular weight excluding hydrogens is 229 g/mol. The Labute approximate surface area is 104 Å². The average Bonchev–Trinajstić information content (AvgIpc) is 2.73. The third-order valence-corrected chi connectivity index (χ3v) is 3.05. The highest BCUT2D eigenvalue weighted by Gasteiger charge is 2.13. The van der Waals surface area contributed by atoms with Crippen molar-refractivity contribution in [2.75, 3.05) is 5.73 Å². The van der Waals surface area contributed by atoms with Crippen LogP contribution < -0.4 is 16.4 Å². The van der Waals surface area contributed by atoms with E-state index in [1.165, 1.54) is 12.1 Å². The summed E-state index contributed by atoms with van der Waals surface area (Å²) in [5, 5.41) is 1.64. The monoisotopic (exact) mass is 241 g/mol. The van der Waals surface area contributed by atoms with Gasteiger partial charge in [0.2, 0.25) is 0 Å². The van der Waals surface area contributed by atoms with E-state index in [4.69, 9.17) is 5.73 Å². The molecule has 1 aliphatic heterocycles. The minimum Gasteiger partial charge on any atom is -0.398 e. The molecule has 0 aromatic heterocycles. The summed E-state index contributed by atoms with van der Waals surface area (Å²) in [4.78, 5) is 8.99. The lowest BCUT2D eigenvalue weighted by molar-refractivity contribution is 0.625. The molecule has 3 rings (SSSR count). The maximum Gasteiger partial charge on any atom is 0.166 e.